The largest absolute Gasteiger partial charge is 0.497 e. The van der Waals surface area contributed by atoms with Crippen LogP contribution in [0.15, 0.2) is 48.8 Å². The molecular weight excluding hydrogens is 451 g/mol. The maximum absolute atomic E-state index is 14.4. The molecule has 1 N–H and O–H groups in total. The SMILES string of the molecule is COc1ccc2nccc(-n3cc4c(n3)CCC(NC(=O)c3cc(F)c5c(c3)OCCO5)C4)c2c1. The summed E-state index contributed by atoms with van der Waals surface area (Å²) in [6.45, 7) is 0.614. The van der Waals surface area contributed by atoms with Crippen LogP contribution < -0.4 is 19.5 Å². The van der Waals surface area contributed by atoms with Crippen LogP contribution in [0, 0.1) is 5.82 Å². The zero-order chi connectivity index (χ0) is 23.9. The summed E-state index contributed by atoms with van der Waals surface area (Å²) in [6, 6.07) is 10.3. The topological polar surface area (TPSA) is 87.5 Å². The fourth-order valence-electron chi connectivity index (χ4n) is 4.70. The van der Waals surface area contributed by atoms with Crippen molar-refractivity contribution in [3.8, 4) is 22.9 Å². The molecule has 0 spiro atoms. The molecule has 1 atom stereocenters. The molecule has 9 heteroatoms. The number of halogens is 1. The number of pyridine rings is 1. The molecule has 0 fully saturated rings. The van der Waals surface area contributed by atoms with Crippen molar-refractivity contribution in [1.29, 1.82) is 0 Å². The van der Waals surface area contributed by atoms with Gasteiger partial charge < -0.3 is 19.5 Å². The van der Waals surface area contributed by atoms with Crippen molar-refractivity contribution < 1.29 is 23.4 Å². The van der Waals surface area contributed by atoms with Gasteiger partial charge in [-0.25, -0.2) is 9.07 Å². The summed E-state index contributed by atoms with van der Waals surface area (Å²) in [6.07, 6.45) is 5.88. The van der Waals surface area contributed by atoms with E-state index in [-0.39, 0.29) is 35.6 Å². The summed E-state index contributed by atoms with van der Waals surface area (Å²) in [7, 11) is 1.64. The molecule has 0 saturated heterocycles. The first-order valence-electron chi connectivity index (χ1n) is 11.5. The van der Waals surface area contributed by atoms with E-state index in [4.69, 9.17) is 19.3 Å². The van der Waals surface area contributed by atoms with E-state index >= 15 is 0 Å². The van der Waals surface area contributed by atoms with Gasteiger partial charge in [-0.2, -0.15) is 5.10 Å². The van der Waals surface area contributed by atoms with Gasteiger partial charge in [0.1, 0.15) is 19.0 Å². The van der Waals surface area contributed by atoms with Crippen LogP contribution in [-0.2, 0) is 12.8 Å². The Morgan fingerprint density at radius 1 is 1.20 bits per heavy atom. The predicted octanol–water partition coefficient (Wildman–Crippen LogP) is 3.63. The number of ether oxygens (including phenoxy) is 3. The van der Waals surface area contributed by atoms with Crippen LogP contribution in [0.4, 0.5) is 4.39 Å². The number of benzene rings is 2. The van der Waals surface area contributed by atoms with Crippen LogP contribution in [0.25, 0.3) is 16.6 Å². The molecule has 1 amide bonds. The minimum atomic E-state index is -0.597. The lowest BCUT2D eigenvalue weighted by atomic mass is 9.93. The number of amides is 1. The molecular formula is C26H23FN4O4. The Bertz CT molecular complexity index is 1450. The Hall–Kier alpha value is -4.14. The maximum Gasteiger partial charge on any atom is 0.251 e. The molecule has 1 aliphatic carbocycles. The molecule has 1 aliphatic heterocycles. The molecule has 35 heavy (non-hydrogen) atoms. The van der Waals surface area contributed by atoms with Gasteiger partial charge in [-0.15, -0.1) is 0 Å². The molecule has 2 aliphatic rings. The number of rotatable bonds is 4. The fraction of sp³-hybridized carbons (Fsp3) is 0.269. The molecule has 8 nitrogen and oxygen atoms in total. The molecule has 0 saturated carbocycles. The average Bonchev–Trinajstić information content (AvgIpc) is 3.31. The standard InChI is InChI=1S/C26H23FN4O4/c1-33-18-3-5-22-19(13-18)23(6-7-28-22)31-14-16-10-17(2-4-21(16)30-31)29-26(32)15-11-20(27)25-24(12-15)34-8-9-35-25/h3,5-7,11-14,17H,2,4,8-10H2,1H3,(H,29,32). The van der Waals surface area contributed by atoms with Gasteiger partial charge in [0.25, 0.3) is 5.91 Å². The Kier molecular flexibility index (Phi) is 5.24. The van der Waals surface area contributed by atoms with Crippen molar-refractivity contribution in [2.24, 2.45) is 0 Å². The Balaban J connectivity index is 1.23. The van der Waals surface area contributed by atoms with Crippen molar-refractivity contribution in [3.63, 3.8) is 0 Å². The minimum absolute atomic E-state index is 0.0591. The Morgan fingerprint density at radius 2 is 2.09 bits per heavy atom. The number of nitrogens with one attached hydrogen (secondary N) is 1. The van der Waals surface area contributed by atoms with Crippen molar-refractivity contribution in [2.75, 3.05) is 20.3 Å². The van der Waals surface area contributed by atoms with Crippen LogP contribution in [0.2, 0.25) is 0 Å². The van der Waals surface area contributed by atoms with E-state index in [9.17, 15) is 9.18 Å². The molecule has 2 aromatic carbocycles. The second kappa shape index (κ2) is 8.57. The third-order valence-electron chi connectivity index (χ3n) is 6.44. The van der Waals surface area contributed by atoms with Gasteiger partial charge in [-0.1, -0.05) is 0 Å². The number of nitrogens with zero attached hydrogens (tertiary/aromatic N) is 3. The van der Waals surface area contributed by atoms with E-state index in [1.54, 1.807) is 13.3 Å². The van der Waals surface area contributed by atoms with Crippen molar-refractivity contribution >= 4 is 16.8 Å². The van der Waals surface area contributed by atoms with Crippen LogP contribution in [0.5, 0.6) is 17.2 Å². The van der Waals surface area contributed by atoms with Crippen molar-refractivity contribution in [3.05, 3.63) is 71.4 Å². The second-order valence-corrected chi connectivity index (χ2v) is 8.65. The molecule has 0 bridgehead atoms. The number of fused-ring (bicyclic) bond motifs is 3. The summed E-state index contributed by atoms with van der Waals surface area (Å²) in [5.74, 6) is 0.135. The summed E-state index contributed by atoms with van der Waals surface area (Å²) in [4.78, 5) is 17.3. The number of hydrogen-bond donors (Lipinski definition) is 1. The molecule has 3 heterocycles. The molecule has 1 unspecified atom stereocenters. The zero-order valence-electron chi connectivity index (χ0n) is 19.1. The lowest BCUT2D eigenvalue weighted by molar-refractivity contribution is 0.0931. The first-order valence-corrected chi connectivity index (χ1v) is 11.5. The normalized spacial score (nSPS) is 16.6. The minimum Gasteiger partial charge on any atom is -0.497 e. The highest BCUT2D eigenvalue weighted by Gasteiger charge is 2.26. The Labute approximate surface area is 200 Å². The highest BCUT2D eigenvalue weighted by molar-refractivity contribution is 5.95. The van der Waals surface area contributed by atoms with E-state index in [1.165, 1.54) is 12.1 Å². The Morgan fingerprint density at radius 3 is 2.97 bits per heavy atom. The number of carbonyl (C=O) groups excluding carboxylic acids is 1. The van der Waals surface area contributed by atoms with Gasteiger partial charge >= 0.3 is 0 Å². The zero-order valence-corrected chi connectivity index (χ0v) is 19.1. The lowest BCUT2D eigenvalue weighted by Crippen LogP contribution is -2.38. The van der Waals surface area contributed by atoms with E-state index < -0.39 is 5.82 Å². The van der Waals surface area contributed by atoms with Gasteiger partial charge in [0.2, 0.25) is 0 Å². The number of aromatic nitrogens is 3. The smallest absolute Gasteiger partial charge is 0.251 e. The van der Waals surface area contributed by atoms with Gasteiger partial charge in [0.15, 0.2) is 17.3 Å². The number of carbonyl (C=O) groups is 1. The second-order valence-electron chi connectivity index (χ2n) is 8.65. The summed E-state index contributed by atoms with van der Waals surface area (Å²) in [5.41, 5.74) is 4.06. The average molecular weight is 474 g/mol. The van der Waals surface area contributed by atoms with Crippen LogP contribution in [0.1, 0.15) is 28.0 Å². The quantitative estimate of drug-likeness (QED) is 0.486. The number of hydrogen-bond acceptors (Lipinski definition) is 6. The van der Waals surface area contributed by atoms with Crippen LogP contribution in [0.3, 0.4) is 0 Å². The lowest BCUT2D eigenvalue weighted by Gasteiger charge is -2.23. The van der Waals surface area contributed by atoms with Gasteiger partial charge in [0.05, 0.1) is 24.0 Å². The molecule has 4 aromatic rings. The van der Waals surface area contributed by atoms with E-state index in [0.717, 1.165) is 46.4 Å². The summed E-state index contributed by atoms with van der Waals surface area (Å²) in [5, 5.41) is 8.79. The first kappa shape index (κ1) is 21.4. The predicted molar refractivity (Wildman–Crippen MR) is 126 cm³/mol. The molecule has 0 radical (unpaired) electrons. The number of methoxy groups -OCH3 is 1. The van der Waals surface area contributed by atoms with Crippen LogP contribution in [-0.4, -0.2) is 47.0 Å². The number of aryl methyl sites for hydroxylation is 1. The highest BCUT2D eigenvalue weighted by Crippen LogP contribution is 2.34. The van der Waals surface area contributed by atoms with Crippen LogP contribution >= 0.6 is 0 Å². The molecule has 2 aromatic heterocycles. The van der Waals surface area contributed by atoms with E-state index in [1.807, 2.05) is 35.1 Å². The van der Waals surface area contributed by atoms with Crippen molar-refractivity contribution in [2.45, 2.75) is 25.3 Å². The van der Waals surface area contributed by atoms with Crippen molar-refractivity contribution in [1.82, 2.24) is 20.1 Å². The van der Waals surface area contributed by atoms with Gasteiger partial charge in [0, 0.05) is 29.4 Å². The maximum atomic E-state index is 14.4. The third kappa shape index (κ3) is 3.92. The van der Waals surface area contributed by atoms with E-state index in [2.05, 4.69) is 10.3 Å². The summed E-state index contributed by atoms with van der Waals surface area (Å²) >= 11 is 0. The fourth-order valence-corrected chi connectivity index (χ4v) is 4.70. The first-order chi connectivity index (χ1) is 17.1. The molecule has 6 rings (SSSR count). The molecule has 178 valence electrons. The monoisotopic (exact) mass is 474 g/mol. The van der Waals surface area contributed by atoms with Gasteiger partial charge in [-0.05, 0) is 61.2 Å². The van der Waals surface area contributed by atoms with Gasteiger partial charge in [-0.3, -0.25) is 9.78 Å². The highest BCUT2D eigenvalue weighted by atomic mass is 19.1. The third-order valence-corrected chi connectivity index (χ3v) is 6.44. The van der Waals surface area contributed by atoms with E-state index in [0.29, 0.717) is 13.0 Å². The summed E-state index contributed by atoms with van der Waals surface area (Å²) < 4.78 is 32.4.